The maximum absolute atomic E-state index is 5.34. The molecule has 3 rings (SSSR count). The average Bonchev–Trinajstić information content (AvgIpc) is 3.01. The largest absolute Gasteiger partial charge is 0.338 e. The first-order chi connectivity index (χ1) is 9.61. The van der Waals surface area contributed by atoms with E-state index in [0.29, 0.717) is 5.82 Å². The number of hydrogen-bond donors (Lipinski definition) is 0. The molecule has 108 valence electrons. The fourth-order valence-electron chi connectivity index (χ4n) is 2.50. The van der Waals surface area contributed by atoms with Crippen LogP contribution in [-0.2, 0) is 6.54 Å². The standard InChI is InChI=1S/C13H19N5OS/c1-9-6-11(20-16-9)7-18-5-4-17(3)12(8-18)13-14-10(2)15-19-13/h6,12H,4-5,7-8H2,1-3H3. The molecule has 1 saturated heterocycles. The molecule has 0 amide bonds. The molecule has 7 heteroatoms. The van der Waals surface area contributed by atoms with Crippen molar-refractivity contribution in [2.75, 3.05) is 26.7 Å². The Morgan fingerprint density at radius 2 is 2.25 bits per heavy atom. The van der Waals surface area contributed by atoms with Gasteiger partial charge in [-0.2, -0.15) is 9.36 Å². The molecule has 3 heterocycles. The Morgan fingerprint density at radius 3 is 2.90 bits per heavy atom. The van der Waals surface area contributed by atoms with Crippen LogP contribution in [0.2, 0.25) is 0 Å². The second-order valence-corrected chi connectivity index (χ2v) is 6.24. The third kappa shape index (κ3) is 2.89. The summed E-state index contributed by atoms with van der Waals surface area (Å²) in [5.41, 5.74) is 1.10. The molecule has 2 aromatic rings. The van der Waals surface area contributed by atoms with Gasteiger partial charge in [0.1, 0.15) is 6.04 Å². The number of rotatable bonds is 3. The zero-order chi connectivity index (χ0) is 14.1. The molecule has 1 fully saturated rings. The molecule has 6 nitrogen and oxygen atoms in total. The quantitative estimate of drug-likeness (QED) is 0.857. The molecule has 1 aliphatic heterocycles. The Kier molecular flexibility index (Phi) is 3.82. The number of aromatic nitrogens is 3. The van der Waals surface area contributed by atoms with Gasteiger partial charge in [0.15, 0.2) is 5.82 Å². The van der Waals surface area contributed by atoms with Gasteiger partial charge in [-0.1, -0.05) is 5.16 Å². The molecule has 0 radical (unpaired) electrons. The highest BCUT2D eigenvalue weighted by atomic mass is 32.1. The van der Waals surface area contributed by atoms with Gasteiger partial charge in [-0.25, -0.2) is 0 Å². The van der Waals surface area contributed by atoms with E-state index in [1.807, 2.05) is 13.8 Å². The van der Waals surface area contributed by atoms with Gasteiger partial charge in [-0.05, 0) is 38.5 Å². The molecule has 0 aliphatic carbocycles. The topological polar surface area (TPSA) is 58.3 Å². The average molecular weight is 293 g/mol. The molecule has 0 bridgehead atoms. The predicted molar refractivity (Wildman–Crippen MR) is 76.5 cm³/mol. The van der Waals surface area contributed by atoms with Gasteiger partial charge < -0.3 is 4.52 Å². The van der Waals surface area contributed by atoms with Crippen LogP contribution in [0.4, 0.5) is 0 Å². The van der Waals surface area contributed by atoms with Gasteiger partial charge in [0.2, 0.25) is 5.89 Å². The summed E-state index contributed by atoms with van der Waals surface area (Å²) in [6.07, 6.45) is 0. The molecule has 1 atom stereocenters. The van der Waals surface area contributed by atoms with Gasteiger partial charge in [0, 0.05) is 31.1 Å². The molecule has 20 heavy (non-hydrogen) atoms. The summed E-state index contributed by atoms with van der Waals surface area (Å²) < 4.78 is 9.68. The second-order valence-electron chi connectivity index (χ2n) is 5.35. The molecule has 0 saturated carbocycles. The Labute approximate surface area is 122 Å². The van der Waals surface area contributed by atoms with Gasteiger partial charge in [0.05, 0.1) is 5.69 Å². The van der Waals surface area contributed by atoms with E-state index in [9.17, 15) is 0 Å². The zero-order valence-corrected chi connectivity index (χ0v) is 12.9. The lowest BCUT2D eigenvalue weighted by Crippen LogP contribution is -2.46. The fraction of sp³-hybridized carbons (Fsp3) is 0.615. The van der Waals surface area contributed by atoms with Crippen LogP contribution in [0.15, 0.2) is 10.6 Å². The van der Waals surface area contributed by atoms with Crippen LogP contribution in [0.5, 0.6) is 0 Å². The molecule has 1 aliphatic rings. The molecular weight excluding hydrogens is 274 g/mol. The Hall–Kier alpha value is -1.31. The van der Waals surface area contributed by atoms with Crippen molar-refractivity contribution in [1.82, 2.24) is 24.3 Å². The Morgan fingerprint density at radius 1 is 1.40 bits per heavy atom. The van der Waals surface area contributed by atoms with Gasteiger partial charge in [-0.3, -0.25) is 9.80 Å². The first-order valence-electron chi connectivity index (χ1n) is 6.77. The molecule has 0 spiro atoms. The third-order valence-corrected chi connectivity index (χ3v) is 4.48. The van der Waals surface area contributed by atoms with E-state index >= 15 is 0 Å². The maximum Gasteiger partial charge on any atom is 0.245 e. The third-order valence-electron chi connectivity index (χ3n) is 3.62. The minimum atomic E-state index is 0.180. The summed E-state index contributed by atoms with van der Waals surface area (Å²) in [6, 6.07) is 2.34. The van der Waals surface area contributed by atoms with E-state index < -0.39 is 0 Å². The van der Waals surface area contributed by atoms with Gasteiger partial charge >= 0.3 is 0 Å². The summed E-state index contributed by atoms with van der Waals surface area (Å²) in [4.78, 5) is 10.4. The van der Waals surface area contributed by atoms with Crippen molar-refractivity contribution in [2.45, 2.75) is 26.4 Å². The molecule has 0 aromatic carbocycles. The van der Waals surface area contributed by atoms with Crippen molar-refractivity contribution < 1.29 is 4.52 Å². The lowest BCUT2D eigenvalue weighted by molar-refractivity contribution is 0.0720. The van der Waals surface area contributed by atoms with Crippen LogP contribution in [0.25, 0.3) is 0 Å². The van der Waals surface area contributed by atoms with E-state index in [2.05, 4.69) is 37.4 Å². The van der Waals surface area contributed by atoms with E-state index in [0.717, 1.165) is 37.8 Å². The highest BCUT2D eigenvalue weighted by Gasteiger charge is 2.29. The normalized spacial score (nSPS) is 21.4. The van der Waals surface area contributed by atoms with Crippen LogP contribution in [0, 0.1) is 13.8 Å². The minimum absolute atomic E-state index is 0.180. The van der Waals surface area contributed by atoms with Crippen LogP contribution in [0.3, 0.4) is 0 Å². The highest BCUT2D eigenvalue weighted by molar-refractivity contribution is 7.05. The van der Waals surface area contributed by atoms with Crippen LogP contribution < -0.4 is 0 Å². The smallest absolute Gasteiger partial charge is 0.245 e. The molecule has 2 aromatic heterocycles. The van der Waals surface area contributed by atoms with Crippen molar-refractivity contribution in [1.29, 1.82) is 0 Å². The Balaban J connectivity index is 1.69. The van der Waals surface area contributed by atoms with E-state index in [1.54, 1.807) is 11.5 Å². The number of likely N-dealkylation sites (N-methyl/N-ethyl adjacent to an activating group) is 1. The number of hydrogen-bond acceptors (Lipinski definition) is 7. The van der Waals surface area contributed by atoms with Crippen LogP contribution in [0.1, 0.15) is 28.3 Å². The molecule has 0 N–H and O–H groups in total. The first kappa shape index (κ1) is 13.7. The minimum Gasteiger partial charge on any atom is -0.338 e. The molecule has 1 unspecified atom stereocenters. The Bertz CT molecular complexity index is 581. The number of nitrogens with zero attached hydrogens (tertiary/aromatic N) is 5. The van der Waals surface area contributed by atoms with Crippen LogP contribution in [-0.4, -0.2) is 51.0 Å². The van der Waals surface area contributed by atoms with E-state index in [-0.39, 0.29) is 6.04 Å². The van der Waals surface area contributed by atoms with Crippen molar-refractivity contribution in [3.8, 4) is 0 Å². The fourth-order valence-corrected chi connectivity index (χ4v) is 3.28. The van der Waals surface area contributed by atoms with Crippen molar-refractivity contribution in [3.63, 3.8) is 0 Å². The molecular formula is C13H19N5OS. The lowest BCUT2D eigenvalue weighted by atomic mass is 10.1. The van der Waals surface area contributed by atoms with Crippen LogP contribution >= 0.6 is 11.5 Å². The monoisotopic (exact) mass is 293 g/mol. The first-order valence-corrected chi connectivity index (χ1v) is 7.54. The summed E-state index contributed by atoms with van der Waals surface area (Å²) in [5, 5.41) is 3.90. The number of aryl methyl sites for hydroxylation is 2. The van der Waals surface area contributed by atoms with Crippen molar-refractivity contribution in [3.05, 3.63) is 28.4 Å². The summed E-state index contributed by atoms with van der Waals surface area (Å²) in [6.45, 7) is 7.81. The van der Waals surface area contributed by atoms with E-state index in [4.69, 9.17) is 4.52 Å². The van der Waals surface area contributed by atoms with Crippen molar-refractivity contribution in [2.24, 2.45) is 0 Å². The number of piperazine rings is 1. The second kappa shape index (κ2) is 5.59. The van der Waals surface area contributed by atoms with Gasteiger partial charge in [-0.15, -0.1) is 0 Å². The predicted octanol–water partition coefficient (Wildman–Crippen LogP) is 1.63. The SMILES string of the molecule is Cc1cc(CN2CCN(C)C(c3nc(C)no3)C2)sn1. The lowest BCUT2D eigenvalue weighted by Gasteiger charge is -2.37. The zero-order valence-electron chi connectivity index (χ0n) is 12.0. The van der Waals surface area contributed by atoms with E-state index in [1.165, 1.54) is 4.88 Å². The van der Waals surface area contributed by atoms with Crippen molar-refractivity contribution >= 4 is 11.5 Å². The summed E-state index contributed by atoms with van der Waals surface area (Å²) in [7, 11) is 2.11. The van der Waals surface area contributed by atoms with Gasteiger partial charge in [0.25, 0.3) is 0 Å². The summed E-state index contributed by atoms with van der Waals surface area (Å²) >= 11 is 1.59. The summed E-state index contributed by atoms with van der Waals surface area (Å²) in [5.74, 6) is 1.42. The maximum atomic E-state index is 5.34. The highest BCUT2D eigenvalue weighted by Crippen LogP contribution is 2.24.